The summed E-state index contributed by atoms with van der Waals surface area (Å²) in [6.07, 6.45) is -11.2. The van der Waals surface area contributed by atoms with Crippen molar-refractivity contribution in [3.63, 3.8) is 0 Å². The molecule has 0 radical (unpaired) electrons. The Morgan fingerprint density at radius 2 is 1.57 bits per heavy atom. The highest BCUT2D eigenvalue weighted by molar-refractivity contribution is 7.47. The molecule has 21 nitrogen and oxygen atoms in total. The number of aromatic nitrogens is 1. The van der Waals surface area contributed by atoms with Crippen molar-refractivity contribution in [2.75, 3.05) is 58.6 Å². The maximum Gasteiger partial charge on any atom is 0.472 e. The van der Waals surface area contributed by atoms with Crippen molar-refractivity contribution in [1.82, 2.24) is 10.3 Å². The van der Waals surface area contributed by atoms with Gasteiger partial charge in [-0.05, 0) is 83.3 Å². The number of phosphoric ester groups is 1. The van der Waals surface area contributed by atoms with Crippen LogP contribution in [0.5, 0.6) is 11.5 Å². The topological polar surface area (TPSA) is 291 Å². The van der Waals surface area contributed by atoms with E-state index in [0.717, 1.165) is 22.2 Å². The van der Waals surface area contributed by atoms with Gasteiger partial charge < -0.3 is 59.4 Å². The Morgan fingerprint density at radius 1 is 0.861 bits per heavy atom. The molecule has 1 saturated heterocycles. The number of likely N-dealkylation sites (N-methyl/N-ethyl adjacent to an activating group) is 1. The number of carboxylic acids is 1. The van der Waals surface area contributed by atoms with E-state index in [4.69, 9.17) is 39.6 Å². The molecule has 0 saturated carbocycles. The Labute approximate surface area is 419 Å². The molecule has 0 spiro atoms. The number of methoxy groups -OCH3 is 1. The van der Waals surface area contributed by atoms with Crippen molar-refractivity contribution in [2.24, 2.45) is 0 Å². The van der Waals surface area contributed by atoms with Crippen LogP contribution in [0.3, 0.4) is 0 Å². The fourth-order valence-corrected chi connectivity index (χ4v) is 8.18. The van der Waals surface area contributed by atoms with Gasteiger partial charge in [0.1, 0.15) is 43.8 Å². The molecule has 1 aliphatic rings. The number of quaternary nitrogens is 1. The van der Waals surface area contributed by atoms with Crippen LogP contribution < -0.4 is 25.4 Å². The number of hydrogen-bond donors (Lipinski definition) is 8. The number of aliphatic carboxylic acids is 1. The van der Waals surface area contributed by atoms with Crippen LogP contribution in [0.2, 0.25) is 5.02 Å². The first-order valence-electron chi connectivity index (χ1n) is 22.2. The van der Waals surface area contributed by atoms with Gasteiger partial charge in [0.15, 0.2) is 11.9 Å². The van der Waals surface area contributed by atoms with E-state index in [1.807, 2.05) is 58.4 Å². The highest BCUT2D eigenvalue weighted by atomic mass is 35.5. The molecule has 4 aromatic carbocycles. The quantitative estimate of drug-likeness (QED) is 0.0338. The fraction of sp³-hybridized carbons (Fsp3) is 0.327. The lowest BCUT2D eigenvalue weighted by Crippen LogP contribution is -2.61. The summed E-state index contributed by atoms with van der Waals surface area (Å²) in [6.45, 7) is 5.79. The molecular formula is C49H56ClN5O16P+. The first-order chi connectivity index (χ1) is 34.0. The second-order valence-electron chi connectivity index (χ2n) is 17.6. The van der Waals surface area contributed by atoms with Gasteiger partial charge in [-0.25, -0.2) is 14.2 Å². The number of aliphatic hydroxyl groups excluding tert-OH is 3. The number of nitrogens with zero attached hydrogens (tertiary/aromatic N) is 2. The van der Waals surface area contributed by atoms with Gasteiger partial charge in [-0.3, -0.25) is 28.9 Å². The molecule has 72 heavy (non-hydrogen) atoms. The summed E-state index contributed by atoms with van der Waals surface area (Å²) in [6, 6.07) is 23.3. The van der Waals surface area contributed by atoms with Gasteiger partial charge in [0.05, 0.1) is 56.8 Å². The lowest BCUT2D eigenvalue weighted by molar-refractivity contribution is -0.870. The predicted molar refractivity (Wildman–Crippen MR) is 263 cm³/mol. The molecule has 1 aromatic heterocycles. The zero-order valence-electron chi connectivity index (χ0n) is 39.9. The summed E-state index contributed by atoms with van der Waals surface area (Å²) < 4.78 is 45.0. The second kappa shape index (κ2) is 23.8. The van der Waals surface area contributed by atoms with Gasteiger partial charge >= 0.3 is 19.9 Å². The average molecular weight is 1040 g/mol. The minimum atomic E-state index is -4.33. The molecule has 23 heteroatoms. The molecular weight excluding hydrogens is 981 g/mol. The SMILES string of the molecule is C=C(c1ccc(OC)c(NC(=O)OCc2cc(Cl)c(OC3O[C@H](C(=O)O)[C@@H](O)[C@H](O)[C@H]3O)c(NC(=O)CCNC(=O)c3ccc(COP(=O)(O)OCC[N+](C)(C)C)cc3)c2)c1)c1cc(C)nc2ccccc12. The molecule has 6 rings (SSSR count). The number of halogens is 1. The van der Waals surface area contributed by atoms with Crippen molar-refractivity contribution in [1.29, 1.82) is 0 Å². The van der Waals surface area contributed by atoms with Crippen LogP contribution in [0.15, 0.2) is 91.5 Å². The number of phosphoric acid groups is 1. The molecule has 2 unspecified atom stereocenters. The molecule has 0 bridgehead atoms. The third-order valence-electron chi connectivity index (χ3n) is 11.0. The highest BCUT2D eigenvalue weighted by Crippen LogP contribution is 2.44. The number of ether oxygens (including phenoxy) is 4. The van der Waals surface area contributed by atoms with Crippen LogP contribution in [0, 0.1) is 6.92 Å². The summed E-state index contributed by atoms with van der Waals surface area (Å²) in [7, 11) is 2.81. The monoisotopic (exact) mass is 1040 g/mol. The van der Waals surface area contributed by atoms with Gasteiger partial charge in [0, 0.05) is 29.6 Å². The molecule has 1 fully saturated rings. The summed E-state index contributed by atoms with van der Waals surface area (Å²) in [5, 5.41) is 49.4. The van der Waals surface area contributed by atoms with Crippen LogP contribution >= 0.6 is 19.4 Å². The van der Waals surface area contributed by atoms with E-state index in [1.165, 1.54) is 43.5 Å². The van der Waals surface area contributed by atoms with Crippen molar-refractivity contribution >= 4 is 71.2 Å². The zero-order valence-corrected chi connectivity index (χ0v) is 41.5. The minimum absolute atomic E-state index is 0.00226. The van der Waals surface area contributed by atoms with Gasteiger partial charge in [-0.15, -0.1) is 0 Å². The van der Waals surface area contributed by atoms with Crippen LogP contribution in [-0.2, 0) is 45.9 Å². The molecule has 0 aliphatic carbocycles. The van der Waals surface area contributed by atoms with Crippen LogP contribution in [0.1, 0.15) is 44.7 Å². The number of fused-ring (bicyclic) bond motifs is 1. The summed E-state index contributed by atoms with van der Waals surface area (Å²) in [4.78, 5) is 66.2. The lowest BCUT2D eigenvalue weighted by Gasteiger charge is -2.38. The first kappa shape index (κ1) is 54.8. The number of carbonyl (C=O) groups excluding carboxylic acids is 3. The number of anilines is 2. The Hall–Kier alpha value is -6.49. The Bertz CT molecular complexity index is 2860. The molecule has 2 heterocycles. The zero-order chi connectivity index (χ0) is 52.5. The summed E-state index contributed by atoms with van der Waals surface area (Å²) in [5.74, 6) is -2.98. The number of pyridine rings is 1. The Morgan fingerprint density at radius 3 is 2.26 bits per heavy atom. The van der Waals surface area contributed by atoms with Gasteiger partial charge in [-0.2, -0.15) is 0 Å². The third-order valence-corrected chi connectivity index (χ3v) is 12.3. The maximum atomic E-state index is 13.4. The molecule has 5 aromatic rings. The van der Waals surface area contributed by atoms with E-state index < -0.39 is 69.0 Å². The normalized spacial score (nSPS) is 18.6. The number of aliphatic hydroxyl groups is 3. The fourth-order valence-electron chi connectivity index (χ4n) is 7.19. The van der Waals surface area contributed by atoms with E-state index in [9.17, 15) is 49.1 Å². The van der Waals surface area contributed by atoms with Crippen molar-refractivity contribution in [2.45, 2.75) is 57.3 Å². The van der Waals surface area contributed by atoms with Gasteiger partial charge in [0.25, 0.3) is 5.91 Å². The standard InChI is InChI=1S/C49H55ClN5O16P/c1-27-21-34(33-9-7-8-10-36(33)52-27)28(2)32-15-16-39(66-6)37(24-32)54-49(63)67-25-30-22-35(50)44(70-48-43(59)41(57)42(58)45(71-48)47(61)62)38(23-30)53-40(56)17-18-51-46(60)31-13-11-29(12-14-31)26-69-72(64,65)68-20-19-55(3,4)5/h7-16,21-24,41-43,45,48,57-59H,2,17-20,25-26H2,1,3-6H3,(H4-,51,53,54,56,60,61,62,63,64,65)/p+1/t41-,42-,43+,45-,48?/m0/s1. The average Bonchev–Trinajstić information content (AvgIpc) is 3.32. The lowest BCUT2D eigenvalue weighted by atomic mass is 9.95. The molecule has 8 N–H and O–H groups in total. The number of aryl methyl sites for hydroxylation is 1. The van der Waals surface area contributed by atoms with Crippen LogP contribution in [0.4, 0.5) is 16.2 Å². The number of amides is 3. The predicted octanol–water partition coefficient (Wildman–Crippen LogP) is 5.38. The maximum absolute atomic E-state index is 13.4. The largest absolute Gasteiger partial charge is 0.495 e. The molecule has 3 amide bonds. The molecule has 6 atom stereocenters. The number of benzene rings is 4. The van der Waals surface area contributed by atoms with E-state index in [1.54, 1.807) is 18.2 Å². The number of nitrogens with one attached hydrogen (secondary N) is 3. The van der Waals surface area contributed by atoms with Crippen molar-refractivity contribution in [3.05, 3.63) is 130 Å². The highest BCUT2D eigenvalue weighted by Gasteiger charge is 2.48. The summed E-state index contributed by atoms with van der Waals surface area (Å²) >= 11 is 6.65. The number of hydrogen-bond acceptors (Lipinski definition) is 15. The van der Waals surface area contributed by atoms with Crippen molar-refractivity contribution < 1.29 is 81.5 Å². The van der Waals surface area contributed by atoms with Crippen LogP contribution in [0.25, 0.3) is 16.5 Å². The van der Waals surface area contributed by atoms with Crippen molar-refractivity contribution in [3.8, 4) is 11.5 Å². The summed E-state index contributed by atoms with van der Waals surface area (Å²) in [5.41, 5.74) is 4.71. The number of para-hydroxylation sites is 1. The first-order valence-corrected chi connectivity index (χ1v) is 24.1. The molecule has 1 aliphatic heterocycles. The molecule has 384 valence electrons. The number of rotatable bonds is 21. The minimum Gasteiger partial charge on any atom is -0.495 e. The van der Waals surface area contributed by atoms with E-state index in [2.05, 4.69) is 27.5 Å². The third kappa shape index (κ3) is 14.6. The smallest absolute Gasteiger partial charge is 0.472 e. The number of carboxylic acid groups (broad SMARTS) is 1. The van der Waals surface area contributed by atoms with E-state index in [0.29, 0.717) is 33.5 Å². The van der Waals surface area contributed by atoms with Gasteiger partial charge in [0.2, 0.25) is 12.2 Å². The Balaban J connectivity index is 1.13. The van der Waals surface area contributed by atoms with Gasteiger partial charge in [-0.1, -0.05) is 54.6 Å². The van der Waals surface area contributed by atoms with Crippen LogP contribution in [-0.4, -0.2) is 137 Å². The van der Waals surface area contributed by atoms with E-state index >= 15 is 0 Å². The Kier molecular flexibility index (Phi) is 18.1. The number of carbonyl (C=O) groups is 4. The second-order valence-corrected chi connectivity index (χ2v) is 19.4. The van der Waals surface area contributed by atoms with E-state index in [-0.39, 0.29) is 59.5 Å².